The zero-order valence-corrected chi connectivity index (χ0v) is 13.0. The zero-order chi connectivity index (χ0) is 14.7. The van der Waals surface area contributed by atoms with Crippen molar-refractivity contribution in [1.82, 2.24) is 0 Å². The van der Waals surface area contributed by atoms with Crippen LogP contribution in [0.25, 0.3) is 0 Å². The number of hydrogen-bond acceptors (Lipinski definition) is 3. The summed E-state index contributed by atoms with van der Waals surface area (Å²) in [5.41, 5.74) is 7.50. The summed E-state index contributed by atoms with van der Waals surface area (Å²) < 4.78 is 19.3. The standard InChI is InChI=1S/C14H12BrFN2OS/c1-19-13-7-9(3-4-11(13)15)18-12-5-2-8(16)6-10(12)14(17)20/h2-7,18H,1H3,(H2,17,20). The Hall–Kier alpha value is -1.66. The van der Waals surface area contributed by atoms with E-state index in [0.717, 1.165) is 10.2 Å². The molecule has 104 valence electrons. The van der Waals surface area contributed by atoms with Gasteiger partial charge in [-0.1, -0.05) is 12.2 Å². The molecule has 3 N–H and O–H groups in total. The van der Waals surface area contributed by atoms with Crippen molar-refractivity contribution in [2.75, 3.05) is 12.4 Å². The Labute approximate surface area is 130 Å². The summed E-state index contributed by atoms with van der Waals surface area (Å²) in [4.78, 5) is 0.135. The molecule has 6 heteroatoms. The number of ether oxygens (including phenoxy) is 1. The average Bonchev–Trinajstić information content (AvgIpc) is 2.42. The third kappa shape index (κ3) is 3.26. The predicted octanol–water partition coefficient (Wildman–Crippen LogP) is 3.97. The van der Waals surface area contributed by atoms with Gasteiger partial charge in [-0.2, -0.15) is 0 Å². The molecular weight excluding hydrogens is 343 g/mol. The van der Waals surface area contributed by atoms with Crippen molar-refractivity contribution < 1.29 is 9.13 Å². The van der Waals surface area contributed by atoms with Gasteiger partial charge >= 0.3 is 0 Å². The van der Waals surface area contributed by atoms with Gasteiger partial charge in [-0.3, -0.25) is 0 Å². The molecule has 0 fully saturated rings. The van der Waals surface area contributed by atoms with Gasteiger partial charge in [0.1, 0.15) is 16.6 Å². The Morgan fingerprint density at radius 2 is 2.05 bits per heavy atom. The van der Waals surface area contributed by atoms with Crippen molar-refractivity contribution in [2.45, 2.75) is 0 Å². The lowest BCUT2D eigenvalue weighted by molar-refractivity contribution is 0.412. The summed E-state index contributed by atoms with van der Waals surface area (Å²) in [6.07, 6.45) is 0. The molecule has 0 unspecified atom stereocenters. The number of halogens is 2. The lowest BCUT2D eigenvalue weighted by atomic mass is 10.1. The SMILES string of the molecule is COc1cc(Nc2ccc(F)cc2C(N)=S)ccc1Br. The van der Waals surface area contributed by atoms with Gasteiger partial charge in [0.2, 0.25) is 0 Å². The second kappa shape index (κ2) is 6.19. The molecule has 0 atom stereocenters. The minimum absolute atomic E-state index is 0.135. The fourth-order valence-corrected chi connectivity index (χ4v) is 2.30. The summed E-state index contributed by atoms with van der Waals surface area (Å²) in [5, 5.41) is 3.15. The number of nitrogens with two attached hydrogens (primary N) is 1. The summed E-state index contributed by atoms with van der Waals surface area (Å²) in [5.74, 6) is 0.306. The van der Waals surface area contributed by atoms with E-state index < -0.39 is 0 Å². The second-order valence-corrected chi connectivity index (χ2v) is 5.32. The quantitative estimate of drug-likeness (QED) is 0.815. The first-order valence-electron chi connectivity index (χ1n) is 5.71. The molecule has 0 spiro atoms. The number of rotatable bonds is 4. The molecule has 0 heterocycles. The Balaban J connectivity index is 2.37. The lowest BCUT2D eigenvalue weighted by Crippen LogP contribution is -2.12. The molecule has 2 aromatic rings. The molecule has 2 aromatic carbocycles. The molecule has 3 nitrogen and oxygen atoms in total. The molecule has 0 radical (unpaired) electrons. The maximum absolute atomic E-state index is 13.2. The van der Waals surface area contributed by atoms with Gasteiger partial charge in [0.25, 0.3) is 0 Å². The molecular formula is C14H12BrFN2OS. The highest BCUT2D eigenvalue weighted by atomic mass is 79.9. The molecule has 0 saturated carbocycles. The van der Waals surface area contributed by atoms with Crippen molar-refractivity contribution in [3.05, 3.63) is 52.3 Å². The van der Waals surface area contributed by atoms with Crippen molar-refractivity contribution >= 4 is 44.5 Å². The molecule has 0 saturated heterocycles. The molecule has 0 aromatic heterocycles. The summed E-state index contributed by atoms with van der Waals surface area (Å²) in [7, 11) is 1.59. The maximum atomic E-state index is 13.2. The van der Waals surface area contributed by atoms with Crippen LogP contribution in [0.4, 0.5) is 15.8 Å². The predicted molar refractivity (Wildman–Crippen MR) is 86.3 cm³/mol. The van der Waals surface area contributed by atoms with E-state index in [2.05, 4.69) is 21.2 Å². The van der Waals surface area contributed by atoms with Crippen LogP contribution in [0.3, 0.4) is 0 Å². The van der Waals surface area contributed by atoms with Gasteiger partial charge in [0.15, 0.2) is 0 Å². The van der Waals surface area contributed by atoms with Gasteiger partial charge in [-0.25, -0.2) is 4.39 Å². The maximum Gasteiger partial charge on any atom is 0.135 e. The first-order valence-corrected chi connectivity index (χ1v) is 6.91. The van der Waals surface area contributed by atoms with Crippen molar-refractivity contribution in [3.63, 3.8) is 0 Å². The van der Waals surface area contributed by atoms with Crippen LogP contribution in [0, 0.1) is 5.82 Å². The van der Waals surface area contributed by atoms with Gasteiger partial charge in [-0.15, -0.1) is 0 Å². The van der Waals surface area contributed by atoms with Crippen molar-refractivity contribution in [3.8, 4) is 5.75 Å². The third-order valence-electron chi connectivity index (χ3n) is 2.68. The monoisotopic (exact) mass is 354 g/mol. The number of benzene rings is 2. The van der Waals surface area contributed by atoms with Gasteiger partial charge in [-0.05, 0) is 46.3 Å². The van der Waals surface area contributed by atoms with E-state index in [0.29, 0.717) is 17.0 Å². The topological polar surface area (TPSA) is 47.3 Å². The Kier molecular flexibility index (Phi) is 4.57. The molecule has 0 bridgehead atoms. The molecule has 0 aliphatic carbocycles. The first-order chi connectivity index (χ1) is 9.51. The van der Waals surface area contributed by atoms with Crippen LogP contribution in [0.15, 0.2) is 40.9 Å². The number of nitrogens with one attached hydrogen (secondary N) is 1. The van der Waals surface area contributed by atoms with Crippen LogP contribution in [0.5, 0.6) is 5.75 Å². The largest absolute Gasteiger partial charge is 0.495 e. The van der Waals surface area contributed by atoms with E-state index in [9.17, 15) is 4.39 Å². The van der Waals surface area contributed by atoms with Crippen LogP contribution < -0.4 is 15.8 Å². The number of methoxy groups -OCH3 is 1. The third-order valence-corrected chi connectivity index (χ3v) is 3.55. The summed E-state index contributed by atoms with van der Waals surface area (Å²) in [6, 6.07) is 9.78. The molecule has 20 heavy (non-hydrogen) atoms. The highest BCUT2D eigenvalue weighted by Crippen LogP contribution is 2.30. The van der Waals surface area contributed by atoms with Crippen LogP contribution in [-0.2, 0) is 0 Å². The second-order valence-electron chi connectivity index (χ2n) is 4.03. The molecule has 0 aliphatic heterocycles. The minimum atomic E-state index is -0.383. The van der Waals surface area contributed by atoms with E-state index in [-0.39, 0.29) is 10.8 Å². The van der Waals surface area contributed by atoms with Gasteiger partial charge in [0.05, 0.1) is 11.6 Å². The highest BCUT2D eigenvalue weighted by molar-refractivity contribution is 9.10. The normalized spacial score (nSPS) is 10.2. The number of anilines is 2. The van der Waals surface area contributed by atoms with Gasteiger partial charge in [0, 0.05) is 23.0 Å². The zero-order valence-electron chi connectivity index (χ0n) is 10.6. The highest BCUT2D eigenvalue weighted by Gasteiger charge is 2.08. The molecule has 2 rings (SSSR count). The Morgan fingerprint density at radius 3 is 2.70 bits per heavy atom. The smallest absolute Gasteiger partial charge is 0.135 e. The fraction of sp³-hybridized carbons (Fsp3) is 0.0714. The Bertz CT molecular complexity index is 664. The van der Waals surface area contributed by atoms with E-state index in [4.69, 9.17) is 22.7 Å². The summed E-state index contributed by atoms with van der Waals surface area (Å²) >= 11 is 8.31. The van der Waals surface area contributed by atoms with Gasteiger partial charge < -0.3 is 15.8 Å². The average molecular weight is 355 g/mol. The first kappa shape index (κ1) is 14.7. The van der Waals surface area contributed by atoms with Crippen LogP contribution >= 0.6 is 28.1 Å². The van der Waals surface area contributed by atoms with E-state index >= 15 is 0 Å². The van der Waals surface area contributed by atoms with Crippen LogP contribution in [0.2, 0.25) is 0 Å². The van der Waals surface area contributed by atoms with E-state index in [1.54, 1.807) is 13.2 Å². The number of hydrogen-bond donors (Lipinski definition) is 2. The summed E-state index contributed by atoms with van der Waals surface area (Å²) in [6.45, 7) is 0. The van der Waals surface area contributed by atoms with Crippen molar-refractivity contribution in [2.24, 2.45) is 5.73 Å². The lowest BCUT2D eigenvalue weighted by Gasteiger charge is -2.13. The molecule has 0 amide bonds. The van der Waals surface area contributed by atoms with Crippen molar-refractivity contribution in [1.29, 1.82) is 0 Å². The molecule has 0 aliphatic rings. The van der Waals surface area contributed by atoms with E-state index in [1.807, 2.05) is 18.2 Å². The van der Waals surface area contributed by atoms with E-state index in [1.165, 1.54) is 12.1 Å². The fourth-order valence-electron chi connectivity index (χ4n) is 1.72. The minimum Gasteiger partial charge on any atom is -0.495 e. The van der Waals surface area contributed by atoms with Crippen LogP contribution in [0.1, 0.15) is 5.56 Å². The Morgan fingerprint density at radius 1 is 1.30 bits per heavy atom. The van der Waals surface area contributed by atoms with Crippen LogP contribution in [-0.4, -0.2) is 12.1 Å². The number of thiocarbonyl (C=S) groups is 1.